The van der Waals surface area contributed by atoms with Gasteiger partial charge in [-0.05, 0) is 24.3 Å². The largest absolute Gasteiger partial charge is 0.491 e. The van der Waals surface area contributed by atoms with Crippen molar-refractivity contribution in [2.45, 2.75) is 12.2 Å². The molecule has 3 rings (SSSR count). The Morgan fingerprint density at radius 1 is 0.633 bits per heavy atom. The molecular formula is C22H32Cl2N2O4. The Bertz CT molecular complexity index is 614. The highest BCUT2D eigenvalue weighted by Gasteiger charge is 2.21. The van der Waals surface area contributed by atoms with Gasteiger partial charge in [-0.1, -0.05) is 36.4 Å². The SMILES string of the molecule is Cl.Cl.OC(COc1ccccc1)CN1CCN(CC(O)COc2ccccc2)CC1. The van der Waals surface area contributed by atoms with E-state index in [0.717, 1.165) is 37.7 Å². The molecule has 2 aromatic carbocycles. The number of β-amino-alcohol motifs (C(OH)–C–C–N with tert-alkyl or cyclic N) is 2. The second kappa shape index (κ2) is 14.5. The fourth-order valence-electron chi connectivity index (χ4n) is 3.27. The Morgan fingerprint density at radius 2 is 0.967 bits per heavy atom. The van der Waals surface area contributed by atoms with Gasteiger partial charge in [0, 0.05) is 39.3 Å². The summed E-state index contributed by atoms with van der Waals surface area (Å²) < 4.78 is 11.2. The average molecular weight is 459 g/mol. The maximum atomic E-state index is 10.2. The number of piperazine rings is 1. The van der Waals surface area contributed by atoms with E-state index in [4.69, 9.17) is 9.47 Å². The predicted molar refractivity (Wildman–Crippen MR) is 123 cm³/mol. The third kappa shape index (κ3) is 9.51. The summed E-state index contributed by atoms with van der Waals surface area (Å²) in [7, 11) is 0. The number of nitrogens with zero attached hydrogens (tertiary/aromatic N) is 2. The van der Waals surface area contributed by atoms with Crippen molar-refractivity contribution in [2.75, 3.05) is 52.5 Å². The second-order valence-corrected chi connectivity index (χ2v) is 7.16. The number of ether oxygens (including phenoxy) is 2. The van der Waals surface area contributed by atoms with Gasteiger partial charge >= 0.3 is 0 Å². The molecule has 0 spiro atoms. The van der Waals surface area contributed by atoms with Crippen LogP contribution in [0.3, 0.4) is 0 Å². The first-order valence-corrected chi connectivity index (χ1v) is 9.85. The summed E-state index contributed by atoms with van der Waals surface area (Å²) >= 11 is 0. The molecule has 2 atom stereocenters. The highest BCUT2D eigenvalue weighted by molar-refractivity contribution is 5.85. The van der Waals surface area contributed by atoms with Crippen molar-refractivity contribution in [3.05, 3.63) is 60.7 Å². The van der Waals surface area contributed by atoms with E-state index in [1.165, 1.54) is 0 Å². The van der Waals surface area contributed by atoms with Crippen LogP contribution < -0.4 is 9.47 Å². The molecule has 0 radical (unpaired) electrons. The maximum Gasteiger partial charge on any atom is 0.119 e. The molecule has 1 aliphatic rings. The molecule has 2 unspecified atom stereocenters. The van der Waals surface area contributed by atoms with Crippen molar-refractivity contribution >= 4 is 24.8 Å². The molecule has 0 amide bonds. The average Bonchev–Trinajstić information content (AvgIpc) is 2.74. The normalized spacial score (nSPS) is 16.6. The van der Waals surface area contributed by atoms with Gasteiger partial charge in [0.2, 0.25) is 0 Å². The fourth-order valence-corrected chi connectivity index (χ4v) is 3.27. The first-order chi connectivity index (χ1) is 13.7. The summed E-state index contributed by atoms with van der Waals surface area (Å²) in [5.41, 5.74) is 0. The van der Waals surface area contributed by atoms with Gasteiger partial charge in [-0.3, -0.25) is 9.80 Å². The molecule has 8 heteroatoms. The Hall–Kier alpha value is -1.54. The van der Waals surface area contributed by atoms with E-state index in [2.05, 4.69) is 9.80 Å². The lowest BCUT2D eigenvalue weighted by Crippen LogP contribution is -2.51. The van der Waals surface area contributed by atoms with Crippen LogP contribution in [-0.2, 0) is 0 Å². The van der Waals surface area contributed by atoms with Crippen molar-refractivity contribution in [1.82, 2.24) is 9.80 Å². The molecule has 0 bridgehead atoms. The number of benzene rings is 2. The Kier molecular flexibility index (Phi) is 12.8. The molecule has 168 valence electrons. The zero-order valence-electron chi connectivity index (χ0n) is 17.0. The number of hydrogen-bond acceptors (Lipinski definition) is 6. The van der Waals surface area contributed by atoms with Crippen LogP contribution in [0.15, 0.2) is 60.7 Å². The summed E-state index contributed by atoms with van der Waals surface area (Å²) in [5.74, 6) is 1.55. The number of hydrogen-bond donors (Lipinski definition) is 2. The van der Waals surface area contributed by atoms with E-state index in [0.29, 0.717) is 26.3 Å². The van der Waals surface area contributed by atoms with Crippen molar-refractivity contribution in [2.24, 2.45) is 0 Å². The maximum absolute atomic E-state index is 10.2. The molecule has 1 heterocycles. The quantitative estimate of drug-likeness (QED) is 0.569. The van der Waals surface area contributed by atoms with Gasteiger partial charge in [0.1, 0.15) is 36.9 Å². The Balaban J connectivity index is 0.00000225. The summed E-state index contributed by atoms with van der Waals surface area (Å²) in [5, 5.41) is 20.4. The molecule has 6 nitrogen and oxygen atoms in total. The standard InChI is InChI=1S/C22H30N2O4.2ClH/c25-19(17-27-21-7-3-1-4-8-21)15-23-11-13-24(14-12-23)16-20(26)18-28-22-9-5-2-6-10-22;;/h1-10,19-20,25-26H,11-18H2;2*1H. The van der Waals surface area contributed by atoms with Crippen LogP contribution in [0.1, 0.15) is 0 Å². The van der Waals surface area contributed by atoms with Gasteiger partial charge in [-0.25, -0.2) is 0 Å². The van der Waals surface area contributed by atoms with E-state index >= 15 is 0 Å². The van der Waals surface area contributed by atoms with Crippen LogP contribution >= 0.6 is 24.8 Å². The third-order valence-electron chi connectivity index (χ3n) is 4.77. The third-order valence-corrected chi connectivity index (χ3v) is 4.77. The highest BCUT2D eigenvalue weighted by atomic mass is 35.5. The monoisotopic (exact) mass is 458 g/mol. The van der Waals surface area contributed by atoms with Gasteiger partial charge in [-0.2, -0.15) is 0 Å². The van der Waals surface area contributed by atoms with Crippen LogP contribution in [0.5, 0.6) is 11.5 Å². The number of aliphatic hydroxyl groups excluding tert-OH is 2. The smallest absolute Gasteiger partial charge is 0.119 e. The van der Waals surface area contributed by atoms with Crippen molar-refractivity contribution in [3.8, 4) is 11.5 Å². The first-order valence-electron chi connectivity index (χ1n) is 9.85. The van der Waals surface area contributed by atoms with Gasteiger partial charge in [0.15, 0.2) is 0 Å². The van der Waals surface area contributed by atoms with Crippen molar-refractivity contribution in [3.63, 3.8) is 0 Å². The summed E-state index contributed by atoms with van der Waals surface area (Å²) in [6, 6.07) is 19.1. The fraction of sp³-hybridized carbons (Fsp3) is 0.455. The molecule has 1 fully saturated rings. The minimum Gasteiger partial charge on any atom is -0.491 e. The zero-order chi connectivity index (χ0) is 19.6. The molecule has 1 saturated heterocycles. The Morgan fingerprint density at radius 3 is 1.30 bits per heavy atom. The van der Waals surface area contributed by atoms with Crippen LogP contribution in [0.2, 0.25) is 0 Å². The molecule has 0 aliphatic carbocycles. The lowest BCUT2D eigenvalue weighted by Gasteiger charge is -2.36. The molecule has 30 heavy (non-hydrogen) atoms. The van der Waals surface area contributed by atoms with Gasteiger partial charge in [0.25, 0.3) is 0 Å². The zero-order valence-corrected chi connectivity index (χ0v) is 18.6. The minimum absolute atomic E-state index is 0. The Labute approximate surface area is 191 Å². The number of halogens is 2. The van der Waals surface area contributed by atoms with E-state index in [9.17, 15) is 10.2 Å². The van der Waals surface area contributed by atoms with Crippen molar-refractivity contribution < 1.29 is 19.7 Å². The molecule has 2 N–H and O–H groups in total. The number of rotatable bonds is 10. The molecule has 0 saturated carbocycles. The van der Waals surface area contributed by atoms with E-state index in [1.54, 1.807) is 0 Å². The van der Waals surface area contributed by atoms with Crippen LogP contribution in [0.4, 0.5) is 0 Å². The lowest BCUT2D eigenvalue weighted by molar-refractivity contribution is 0.0240. The van der Waals surface area contributed by atoms with Gasteiger partial charge in [-0.15, -0.1) is 24.8 Å². The van der Waals surface area contributed by atoms with Crippen LogP contribution in [0.25, 0.3) is 0 Å². The summed E-state index contributed by atoms with van der Waals surface area (Å²) in [4.78, 5) is 4.48. The van der Waals surface area contributed by atoms with E-state index in [1.807, 2.05) is 60.7 Å². The summed E-state index contributed by atoms with van der Waals surface area (Å²) in [6.45, 7) is 5.26. The molecule has 1 aliphatic heterocycles. The lowest BCUT2D eigenvalue weighted by atomic mass is 10.2. The number of aliphatic hydroxyl groups is 2. The summed E-state index contributed by atoms with van der Waals surface area (Å²) in [6.07, 6.45) is -1.03. The van der Waals surface area contributed by atoms with Crippen molar-refractivity contribution in [1.29, 1.82) is 0 Å². The van der Waals surface area contributed by atoms with Crippen LogP contribution in [-0.4, -0.2) is 84.7 Å². The van der Waals surface area contributed by atoms with E-state index < -0.39 is 12.2 Å². The second-order valence-electron chi connectivity index (χ2n) is 7.16. The molecular weight excluding hydrogens is 427 g/mol. The van der Waals surface area contributed by atoms with Gasteiger partial charge < -0.3 is 19.7 Å². The first kappa shape index (κ1) is 26.5. The van der Waals surface area contributed by atoms with Crippen LogP contribution in [0, 0.1) is 0 Å². The number of para-hydroxylation sites is 2. The molecule has 0 aromatic heterocycles. The minimum atomic E-state index is -0.517. The predicted octanol–water partition coefficient (Wildman–Crippen LogP) is 2.33. The highest BCUT2D eigenvalue weighted by Crippen LogP contribution is 2.11. The van der Waals surface area contributed by atoms with Gasteiger partial charge in [0.05, 0.1) is 0 Å². The topological polar surface area (TPSA) is 65.4 Å². The van der Waals surface area contributed by atoms with E-state index in [-0.39, 0.29) is 24.8 Å². The molecule has 2 aromatic rings.